The molecule has 3 aliphatic heterocycles. The molecule has 3 nitrogen and oxygen atoms in total. The largest absolute Gasteiger partial charge is 0.323 e. The fraction of sp³-hybridized carbons (Fsp3) is 0.579. The monoisotopic (exact) mass is 300 g/mol. The highest BCUT2D eigenvalue weighted by atomic mass is 16.9. The lowest BCUT2D eigenvalue weighted by Gasteiger charge is -2.52. The molecule has 22 heavy (non-hydrogen) atoms. The van der Waals surface area contributed by atoms with Crippen molar-refractivity contribution < 1.29 is 14.2 Å². The van der Waals surface area contributed by atoms with Crippen LogP contribution >= 0.6 is 0 Å². The summed E-state index contributed by atoms with van der Waals surface area (Å²) in [5, 5.41) is 0. The molecule has 3 fully saturated rings. The Balaban J connectivity index is 1.63. The minimum absolute atomic E-state index is 0.0360. The molecule has 1 aromatic rings. The Morgan fingerprint density at radius 1 is 1.00 bits per heavy atom. The Kier molecular flexibility index (Phi) is 4.54. The first-order valence-electron chi connectivity index (χ1n) is 8.21. The zero-order valence-corrected chi connectivity index (χ0v) is 13.3. The van der Waals surface area contributed by atoms with Gasteiger partial charge < -0.3 is 14.2 Å². The van der Waals surface area contributed by atoms with Crippen LogP contribution in [0.4, 0.5) is 0 Å². The molecule has 0 spiro atoms. The number of hydrogen-bond acceptors (Lipinski definition) is 3. The number of unbranched alkanes of at least 4 members (excludes halogenated alkanes) is 3. The predicted molar refractivity (Wildman–Crippen MR) is 85.1 cm³/mol. The lowest BCUT2D eigenvalue weighted by molar-refractivity contribution is -0.480. The quantitative estimate of drug-likeness (QED) is 0.590. The van der Waals surface area contributed by atoms with Gasteiger partial charge in [-0.2, -0.15) is 0 Å². The van der Waals surface area contributed by atoms with Crippen LogP contribution in [0.3, 0.4) is 0 Å². The summed E-state index contributed by atoms with van der Waals surface area (Å²) in [6.07, 6.45) is 11.5. The first-order valence-corrected chi connectivity index (χ1v) is 8.21. The molecule has 118 valence electrons. The predicted octanol–water partition coefficient (Wildman–Crippen LogP) is 3.81. The van der Waals surface area contributed by atoms with Gasteiger partial charge in [0.2, 0.25) is 0 Å². The Labute approximate surface area is 133 Å². The van der Waals surface area contributed by atoms with Gasteiger partial charge in [-0.1, -0.05) is 38.5 Å². The van der Waals surface area contributed by atoms with E-state index < -0.39 is 5.97 Å². The molecule has 0 aliphatic carbocycles. The van der Waals surface area contributed by atoms with Crippen molar-refractivity contribution in [3.05, 3.63) is 35.4 Å². The lowest BCUT2D eigenvalue weighted by atomic mass is 9.82. The van der Waals surface area contributed by atoms with Gasteiger partial charge in [0, 0.05) is 16.5 Å². The number of fused-ring (bicyclic) bond motifs is 3. The van der Waals surface area contributed by atoms with E-state index in [1.54, 1.807) is 0 Å². The fourth-order valence-corrected chi connectivity index (χ4v) is 3.16. The Hall–Kier alpha value is -1.34. The van der Waals surface area contributed by atoms with Gasteiger partial charge in [-0.15, -0.1) is 6.42 Å². The van der Waals surface area contributed by atoms with E-state index in [1.807, 2.05) is 24.3 Å². The average Bonchev–Trinajstić information content (AvgIpc) is 2.60. The third-order valence-corrected chi connectivity index (χ3v) is 4.67. The molecule has 3 aliphatic rings. The maximum Gasteiger partial charge on any atom is 0.312 e. The van der Waals surface area contributed by atoms with E-state index in [0.29, 0.717) is 19.8 Å². The molecule has 3 heteroatoms. The van der Waals surface area contributed by atoms with Gasteiger partial charge in [0.05, 0.1) is 19.8 Å². The molecule has 0 saturated carbocycles. The normalized spacial score (nSPS) is 30.2. The second-order valence-corrected chi connectivity index (χ2v) is 6.45. The van der Waals surface area contributed by atoms with E-state index in [9.17, 15) is 0 Å². The van der Waals surface area contributed by atoms with E-state index in [1.165, 1.54) is 25.7 Å². The van der Waals surface area contributed by atoms with Gasteiger partial charge in [0.25, 0.3) is 0 Å². The second-order valence-electron chi connectivity index (χ2n) is 6.45. The summed E-state index contributed by atoms with van der Waals surface area (Å²) in [5.41, 5.74) is 1.76. The third-order valence-electron chi connectivity index (χ3n) is 4.67. The summed E-state index contributed by atoms with van der Waals surface area (Å²) in [5.74, 6) is 1.59. The van der Waals surface area contributed by atoms with Gasteiger partial charge >= 0.3 is 5.97 Å². The summed E-state index contributed by atoms with van der Waals surface area (Å²) in [4.78, 5) is 0. The van der Waals surface area contributed by atoms with Crippen molar-refractivity contribution in [1.82, 2.24) is 0 Å². The summed E-state index contributed by atoms with van der Waals surface area (Å²) < 4.78 is 18.0. The Morgan fingerprint density at radius 2 is 1.64 bits per heavy atom. The van der Waals surface area contributed by atoms with Crippen LogP contribution in [-0.4, -0.2) is 19.8 Å². The van der Waals surface area contributed by atoms with Gasteiger partial charge in [-0.05, 0) is 30.7 Å². The van der Waals surface area contributed by atoms with Crippen molar-refractivity contribution in [2.45, 2.75) is 45.0 Å². The summed E-state index contributed by atoms with van der Waals surface area (Å²) >= 11 is 0. The van der Waals surface area contributed by atoms with Gasteiger partial charge in [0.15, 0.2) is 0 Å². The standard InChI is InChI=1S/C19H24O3/c1-3-5-6-7-12-18-13-20-19(21-14-18,22-15-18)17-10-8-16(4-2)9-11-17/h2,8-11H,3,5-7,12-15H2,1H3. The van der Waals surface area contributed by atoms with Crippen LogP contribution in [0.2, 0.25) is 0 Å². The van der Waals surface area contributed by atoms with Crippen LogP contribution in [0, 0.1) is 17.8 Å². The van der Waals surface area contributed by atoms with Crippen LogP contribution in [0.15, 0.2) is 24.3 Å². The van der Waals surface area contributed by atoms with Crippen molar-refractivity contribution in [2.24, 2.45) is 5.41 Å². The van der Waals surface area contributed by atoms with E-state index >= 15 is 0 Å². The van der Waals surface area contributed by atoms with Crippen molar-refractivity contribution in [3.8, 4) is 12.3 Å². The van der Waals surface area contributed by atoms with Gasteiger partial charge in [-0.25, -0.2) is 0 Å². The maximum absolute atomic E-state index is 5.99. The molecule has 0 unspecified atom stereocenters. The molecular weight excluding hydrogens is 276 g/mol. The van der Waals surface area contributed by atoms with Crippen molar-refractivity contribution in [3.63, 3.8) is 0 Å². The highest BCUT2D eigenvalue weighted by molar-refractivity contribution is 5.35. The number of ether oxygens (including phenoxy) is 3. The smallest absolute Gasteiger partial charge is 0.312 e. The maximum atomic E-state index is 5.99. The van der Waals surface area contributed by atoms with Crippen LogP contribution < -0.4 is 0 Å². The zero-order chi connectivity index (χ0) is 15.5. The zero-order valence-electron chi connectivity index (χ0n) is 13.3. The molecule has 2 bridgehead atoms. The van der Waals surface area contributed by atoms with Crippen molar-refractivity contribution in [1.29, 1.82) is 0 Å². The lowest BCUT2D eigenvalue weighted by Crippen LogP contribution is -2.58. The average molecular weight is 300 g/mol. The van der Waals surface area contributed by atoms with E-state index in [0.717, 1.165) is 17.5 Å². The Morgan fingerprint density at radius 3 is 2.18 bits per heavy atom. The van der Waals surface area contributed by atoms with Crippen LogP contribution in [0.25, 0.3) is 0 Å². The number of hydrogen-bond donors (Lipinski definition) is 0. The molecule has 0 N–H and O–H groups in total. The minimum Gasteiger partial charge on any atom is -0.323 e. The SMILES string of the molecule is C#Cc1ccc(C23OCC(CCCCCC)(CO2)CO3)cc1. The van der Waals surface area contributed by atoms with E-state index in [2.05, 4.69) is 12.8 Å². The number of rotatable bonds is 6. The summed E-state index contributed by atoms with van der Waals surface area (Å²) in [7, 11) is 0. The van der Waals surface area contributed by atoms with E-state index in [4.69, 9.17) is 20.6 Å². The van der Waals surface area contributed by atoms with Crippen molar-refractivity contribution in [2.75, 3.05) is 19.8 Å². The first-order chi connectivity index (χ1) is 10.7. The molecule has 0 atom stereocenters. The summed E-state index contributed by atoms with van der Waals surface area (Å²) in [6, 6.07) is 7.63. The first kappa shape index (κ1) is 15.6. The van der Waals surface area contributed by atoms with Crippen LogP contribution in [0.1, 0.15) is 50.2 Å². The highest BCUT2D eigenvalue weighted by Crippen LogP contribution is 2.46. The van der Waals surface area contributed by atoms with E-state index in [-0.39, 0.29) is 5.41 Å². The Bertz CT molecular complexity index is 516. The molecule has 0 radical (unpaired) electrons. The van der Waals surface area contributed by atoms with Gasteiger partial charge in [-0.3, -0.25) is 0 Å². The molecule has 3 heterocycles. The van der Waals surface area contributed by atoms with Crippen LogP contribution in [-0.2, 0) is 20.2 Å². The van der Waals surface area contributed by atoms with Crippen molar-refractivity contribution >= 4 is 0 Å². The fourth-order valence-electron chi connectivity index (χ4n) is 3.16. The topological polar surface area (TPSA) is 27.7 Å². The van der Waals surface area contributed by atoms with Crippen LogP contribution in [0.5, 0.6) is 0 Å². The molecule has 0 amide bonds. The second kappa shape index (κ2) is 6.42. The molecule has 0 aromatic heterocycles. The molecular formula is C19H24O3. The third kappa shape index (κ3) is 2.92. The minimum atomic E-state index is -1.03. The van der Waals surface area contributed by atoms with Gasteiger partial charge in [0.1, 0.15) is 0 Å². The highest BCUT2D eigenvalue weighted by Gasteiger charge is 2.53. The molecule has 1 aromatic carbocycles. The summed E-state index contributed by atoms with van der Waals surface area (Å²) in [6.45, 7) is 4.34. The molecule has 3 saturated heterocycles. The molecule has 4 rings (SSSR count). The number of terminal acetylenes is 1. The number of benzene rings is 1.